The second kappa shape index (κ2) is 9.24. The SMILES string of the molecule is CC(CCc1ccc(NS(C)(=O)=O)cc1)NC(=O)OCc1ccccc1. The van der Waals surface area contributed by atoms with Gasteiger partial charge in [0, 0.05) is 11.7 Å². The summed E-state index contributed by atoms with van der Waals surface area (Å²) in [6.07, 6.45) is 2.19. The summed E-state index contributed by atoms with van der Waals surface area (Å²) >= 11 is 0. The molecule has 1 unspecified atom stereocenters. The molecule has 7 heteroatoms. The van der Waals surface area contributed by atoms with Crippen LogP contribution in [0.3, 0.4) is 0 Å². The van der Waals surface area contributed by atoms with Gasteiger partial charge in [0.05, 0.1) is 6.26 Å². The second-order valence-corrected chi connectivity index (χ2v) is 7.97. The Morgan fingerprint density at radius 1 is 1.04 bits per heavy atom. The number of sulfonamides is 1. The van der Waals surface area contributed by atoms with Crippen LogP contribution in [-0.4, -0.2) is 26.8 Å². The molecule has 1 atom stereocenters. The lowest BCUT2D eigenvalue weighted by Gasteiger charge is -2.14. The normalized spacial score (nSPS) is 12.2. The molecule has 26 heavy (non-hydrogen) atoms. The maximum absolute atomic E-state index is 11.8. The van der Waals surface area contributed by atoms with Crippen LogP contribution in [0.2, 0.25) is 0 Å². The first kappa shape index (κ1) is 19.8. The van der Waals surface area contributed by atoms with Crippen LogP contribution in [0, 0.1) is 0 Å². The standard InChI is InChI=1S/C19H24N2O4S/c1-15(20-19(22)25-14-17-6-4-3-5-7-17)8-9-16-10-12-18(13-11-16)21-26(2,23)24/h3-7,10-13,15,21H,8-9,14H2,1-2H3,(H,20,22). The van der Waals surface area contributed by atoms with Crippen molar-refractivity contribution in [2.24, 2.45) is 0 Å². The van der Waals surface area contributed by atoms with Gasteiger partial charge in [0.15, 0.2) is 0 Å². The summed E-state index contributed by atoms with van der Waals surface area (Å²) in [5.74, 6) is 0. The van der Waals surface area contributed by atoms with Gasteiger partial charge in [0.2, 0.25) is 10.0 Å². The van der Waals surface area contributed by atoms with Gasteiger partial charge in [-0.1, -0.05) is 42.5 Å². The van der Waals surface area contributed by atoms with Crippen LogP contribution in [0.1, 0.15) is 24.5 Å². The Morgan fingerprint density at radius 2 is 1.69 bits per heavy atom. The molecule has 0 heterocycles. The summed E-state index contributed by atoms with van der Waals surface area (Å²) in [4.78, 5) is 11.8. The average molecular weight is 376 g/mol. The number of aryl methyl sites for hydroxylation is 1. The number of amides is 1. The third-order valence-electron chi connectivity index (χ3n) is 3.70. The van der Waals surface area contributed by atoms with Crippen LogP contribution < -0.4 is 10.0 Å². The zero-order valence-corrected chi connectivity index (χ0v) is 15.8. The molecule has 2 aromatic rings. The molecule has 0 aromatic heterocycles. The number of anilines is 1. The zero-order valence-electron chi connectivity index (χ0n) is 14.9. The number of hydrogen-bond acceptors (Lipinski definition) is 4. The average Bonchev–Trinajstić information content (AvgIpc) is 2.59. The van der Waals surface area contributed by atoms with Crippen LogP contribution in [0.15, 0.2) is 54.6 Å². The Labute approximate surface area is 154 Å². The predicted molar refractivity (Wildman–Crippen MR) is 102 cm³/mol. The van der Waals surface area contributed by atoms with Crippen molar-refractivity contribution < 1.29 is 17.9 Å². The number of ether oxygens (including phenoxy) is 1. The molecular formula is C19H24N2O4S. The monoisotopic (exact) mass is 376 g/mol. The zero-order chi connectivity index (χ0) is 19.0. The van der Waals surface area contributed by atoms with Crippen LogP contribution >= 0.6 is 0 Å². The van der Waals surface area contributed by atoms with Gasteiger partial charge >= 0.3 is 6.09 Å². The molecule has 2 N–H and O–H groups in total. The molecule has 0 aliphatic heterocycles. The Balaban J connectivity index is 1.72. The molecule has 0 saturated heterocycles. The van der Waals surface area contributed by atoms with E-state index in [4.69, 9.17) is 4.74 Å². The molecule has 0 aliphatic carbocycles. The Kier molecular flexibility index (Phi) is 7.03. The molecule has 0 spiro atoms. The first-order valence-electron chi connectivity index (χ1n) is 8.36. The van der Waals surface area contributed by atoms with E-state index < -0.39 is 16.1 Å². The smallest absolute Gasteiger partial charge is 0.407 e. The summed E-state index contributed by atoms with van der Waals surface area (Å²) in [5, 5.41) is 2.81. The van der Waals surface area contributed by atoms with Crippen molar-refractivity contribution in [3.63, 3.8) is 0 Å². The van der Waals surface area contributed by atoms with Gasteiger partial charge in [-0.05, 0) is 43.0 Å². The minimum absolute atomic E-state index is 0.0351. The van der Waals surface area contributed by atoms with Crippen LogP contribution in [-0.2, 0) is 27.8 Å². The number of nitrogens with one attached hydrogen (secondary N) is 2. The lowest BCUT2D eigenvalue weighted by molar-refractivity contribution is 0.136. The largest absolute Gasteiger partial charge is 0.445 e. The molecule has 6 nitrogen and oxygen atoms in total. The van der Waals surface area contributed by atoms with Gasteiger partial charge in [0.25, 0.3) is 0 Å². The van der Waals surface area contributed by atoms with E-state index in [-0.39, 0.29) is 12.6 Å². The number of carbonyl (C=O) groups excluding carboxylic acids is 1. The predicted octanol–water partition coefficient (Wildman–Crippen LogP) is 3.31. The molecule has 2 rings (SSSR count). The fourth-order valence-electron chi connectivity index (χ4n) is 2.37. The minimum atomic E-state index is -3.27. The summed E-state index contributed by atoms with van der Waals surface area (Å²) in [7, 11) is -3.27. The Hall–Kier alpha value is -2.54. The van der Waals surface area contributed by atoms with Crippen molar-refractivity contribution in [2.45, 2.75) is 32.4 Å². The van der Waals surface area contributed by atoms with Crippen molar-refractivity contribution in [1.29, 1.82) is 0 Å². The van der Waals surface area contributed by atoms with Crippen LogP contribution in [0.4, 0.5) is 10.5 Å². The van der Waals surface area contributed by atoms with Crippen molar-refractivity contribution in [1.82, 2.24) is 5.32 Å². The van der Waals surface area contributed by atoms with E-state index in [1.54, 1.807) is 12.1 Å². The first-order chi connectivity index (χ1) is 12.3. The summed E-state index contributed by atoms with van der Waals surface area (Å²) in [6, 6.07) is 16.7. The van der Waals surface area contributed by atoms with E-state index in [1.165, 1.54) is 0 Å². The highest BCUT2D eigenvalue weighted by atomic mass is 32.2. The molecule has 0 aliphatic rings. The molecular weight excluding hydrogens is 352 g/mol. The summed E-state index contributed by atoms with van der Waals surface area (Å²) in [5.41, 5.74) is 2.54. The molecule has 2 aromatic carbocycles. The number of alkyl carbamates (subject to hydrolysis) is 1. The first-order valence-corrected chi connectivity index (χ1v) is 10.2. The number of benzene rings is 2. The third kappa shape index (κ3) is 7.57. The van der Waals surface area contributed by atoms with E-state index in [2.05, 4.69) is 10.0 Å². The van der Waals surface area contributed by atoms with Crippen LogP contribution in [0.25, 0.3) is 0 Å². The van der Waals surface area contributed by atoms with E-state index >= 15 is 0 Å². The Morgan fingerprint density at radius 3 is 2.31 bits per heavy atom. The summed E-state index contributed by atoms with van der Waals surface area (Å²) < 4.78 is 30.0. The number of rotatable bonds is 8. The molecule has 1 amide bonds. The third-order valence-corrected chi connectivity index (χ3v) is 4.31. The Bertz CT molecular complexity index is 805. The van der Waals surface area contributed by atoms with Gasteiger partial charge < -0.3 is 10.1 Å². The number of carbonyl (C=O) groups is 1. The maximum Gasteiger partial charge on any atom is 0.407 e. The van der Waals surface area contributed by atoms with Gasteiger partial charge in [-0.15, -0.1) is 0 Å². The highest BCUT2D eigenvalue weighted by Gasteiger charge is 2.09. The second-order valence-electron chi connectivity index (χ2n) is 6.22. The van der Waals surface area contributed by atoms with Crippen molar-refractivity contribution in [2.75, 3.05) is 11.0 Å². The van der Waals surface area contributed by atoms with Crippen molar-refractivity contribution >= 4 is 21.8 Å². The fourth-order valence-corrected chi connectivity index (χ4v) is 2.94. The maximum atomic E-state index is 11.8. The molecule has 0 fully saturated rings. The number of hydrogen-bond donors (Lipinski definition) is 2. The topological polar surface area (TPSA) is 84.5 Å². The molecule has 0 saturated carbocycles. The van der Waals surface area contributed by atoms with E-state index in [9.17, 15) is 13.2 Å². The lowest BCUT2D eigenvalue weighted by Crippen LogP contribution is -2.33. The molecule has 0 bridgehead atoms. The minimum Gasteiger partial charge on any atom is -0.445 e. The molecule has 0 radical (unpaired) electrons. The van der Waals surface area contributed by atoms with Gasteiger partial charge in [-0.25, -0.2) is 13.2 Å². The van der Waals surface area contributed by atoms with Gasteiger partial charge in [-0.3, -0.25) is 4.72 Å². The van der Waals surface area contributed by atoms with E-state index in [0.717, 1.165) is 30.2 Å². The van der Waals surface area contributed by atoms with Crippen molar-refractivity contribution in [3.05, 3.63) is 65.7 Å². The highest BCUT2D eigenvalue weighted by molar-refractivity contribution is 7.92. The van der Waals surface area contributed by atoms with Crippen LogP contribution in [0.5, 0.6) is 0 Å². The van der Waals surface area contributed by atoms with Crippen molar-refractivity contribution in [3.8, 4) is 0 Å². The molecule has 140 valence electrons. The fraction of sp³-hybridized carbons (Fsp3) is 0.316. The quantitative estimate of drug-likeness (QED) is 0.740. The van der Waals surface area contributed by atoms with Gasteiger partial charge in [0.1, 0.15) is 6.61 Å². The van der Waals surface area contributed by atoms with E-state index in [1.807, 2.05) is 49.4 Å². The summed E-state index contributed by atoms with van der Waals surface area (Å²) in [6.45, 7) is 2.16. The van der Waals surface area contributed by atoms with Gasteiger partial charge in [-0.2, -0.15) is 0 Å². The highest BCUT2D eigenvalue weighted by Crippen LogP contribution is 2.13. The lowest BCUT2D eigenvalue weighted by atomic mass is 10.1. The van der Waals surface area contributed by atoms with E-state index in [0.29, 0.717) is 5.69 Å².